The first-order valence-electron chi connectivity index (χ1n) is 11.6. The molecular weight excluding hydrogens is 412 g/mol. The van der Waals surface area contributed by atoms with Crippen LogP contribution in [0.2, 0.25) is 0 Å². The molecule has 0 aliphatic carbocycles. The van der Waals surface area contributed by atoms with E-state index in [1.807, 2.05) is 18.2 Å². The average Bonchev–Trinajstić information content (AvgIpc) is 2.90. The number of hydrogen-bond acceptors (Lipinski definition) is 2. The molecule has 0 saturated heterocycles. The van der Waals surface area contributed by atoms with Crippen LogP contribution in [0.1, 0.15) is 22.9 Å². The molecule has 2 nitrogen and oxygen atoms in total. The molecule has 0 bridgehead atoms. The van der Waals surface area contributed by atoms with E-state index in [2.05, 4.69) is 109 Å². The Hall–Kier alpha value is -3.98. The third-order valence-electron chi connectivity index (χ3n) is 6.27. The lowest BCUT2D eigenvalue weighted by Gasteiger charge is -2.12. The van der Waals surface area contributed by atoms with Crippen molar-refractivity contribution in [2.75, 3.05) is 0 Å². The summed E-state index contributed by atoms with van der Waals surface area (Å²) < 4.78 is 0. The van der Waals surface area contributed by atoms with Crippen LogP contribution < -0.4 is 11.5 Å². The molecule has 0 amide bonds. The van der Waals surface area contributed by atoms with Gasteiger partial charge >= 0.3 is 0 Å². The predicted molar refractivity (Wildman–Crippen MR) is 143 cm³/mol. The Morgan fingerprint density at radius 1 is 0.412 bits per heavy atom. The first-order valence-corrected chi connectivity index (χ1v) is 11.6. The largest absolute Gasteiger partial charge is 0.312 e. The summed E-state index contributed by atoms with van der Waals surface area (Å²) in [7, 11) is 0. The second-order valence-corrected chi connectivity index (χ2v) is 8.63. The maximum absolute atomic E-state index is 5.80. The molecular formula is C32H28N2. The first kappa shape index (κ1) is 21.8. The van der Waals surface area contributed by atoms with Crippen molar-refractivity contribution >= 4 is 0 Å². The van der Waals surface area contributed by atoms with Crippen LogP contribution in [0.5, 0.6) is 0 Å². The molecule has 0 aliphatic heterocycles. The van der Waals surface area contributed by atoms with Gasteiger partial charge in [-0.15, -0.1) is 0 Å². The maximum atomic E-state index is 5.80. The van der Waals surface area contributed by atoms with Crippen molar-refractivity contribution in [3.05, 3.63) is 144 Å². The predicted octanol–water partition coefficient (Wildman–Crippen LogP) is 7.19. The Balaban J connectivity index is 1.35. The summed E-state index contributed by atoms with van der Waals surface area (Å²) in [6.07, 6.45) is 0.462. The Labute approximate surface area is 201 Å². The lowest BCUT2D eigenvalue weighted by atomic mass is 9.93. The summed E-state index contributed by atoms with van der Waals surface area (Å²) in [4.78, 5) is 0. The summed E-state index contributed by atoms with van der Waals surface area (Å²) in [5.74, 6) is 0. The van der Waals surface area contributed by atoms with Gasteiger partial charge < -0.3 is 11.5 Å². The Bertz CT molecular complexity index is 1350. The van der Waals surface area contributed by atoms with Gasteiger partial charge in [0, 0.05) is 0 Å². The summed E-state index contributed by atoms with van der Waals surface area (Å²) in [5.41, 5.74) is 22.4. The highest BCUT2D eigenvalue weighted by atomic mass is 14.8. The van der Waals surface area contributed by atoms with Crippen molar-refractivity contribution in [1.29, 1.82) is 0 Å². The molecule has 0 atom stereocenters. The molecule has 0 fully saturated rings. The molecule has 4 N–H and O–H groups in total. The van der Waals surface area contributed by atoms with E-state index in [-0.39, 0.29) is 0 Å². The molecule has 0 heterocycles. The first-order chi connectivity index (χ1) is 16.7. The second-order valence-electron chi connectivity index (χ2n) is 8.63. The fourth-order valence-corrected chi connectivity index (χ4v) is 4.35. The van der Waals surface area contributed by atoms with Gasteiger partial charge in [-0.3, -0.25) is 0 Å². The van der Waals surface area contributed by atoms with Gasteiger partial charge in [-0.05, 0) is 56.5 Å². The van der Waals surface area contributed by atoms with Gasteiger partial charge in [0.15, 0.2) is 0 Å². The van der Waals surface area contributed by atoms with Crippen LogP contribution >= 0.6 is 0 Å². The monoisotopic (exact) mass is 440 g/mol. The van der Waals surface area contributed by atoms with Crippen LogP contribution in [0.3, 0.4) is 0 Å². The zero-order valence-corrected chi connectivity index (χ0v) is 19.1. The van der Waals surface area contributed by atoms with Crippen LogP contribution in [0.25, 0.3) is 33.4 Å². The van der Waals surface area contributed by atoms with Gasteiger partial charge in [0.2, 0.25) is 0 Å². The SMILES string of the molecule is NC(N)c1ccc(-c2ccccc2-c2ccc(Cc3ccc(-c4ccccc4)cc3)cc2)cc1. The van der Waals surface area contributed by atoms with Gasteiger partial charge in [0.25, 0.3) is 0 Å². The topological polar surface area (TPSA) is 52.0 Å². The van der Waals surface area contributed by atoms with Crippen molar-refractivity contribution in [3.8, 4) is 33.4 Å². The molecule has 166 valence electrons. The minimum Gasteiger partial charge on any atom is -0.312 e. The molecule has 5 aromatic carbocycles. The molecule has 0 aromatic heterocycles. The number of benzene rings is 5. The van der Waals surface area contributed by atoms with Gasteiger partial charge in [-0.2, -0.15) is 0 Å². The Kier molecular flexibility index (Phi) is 6.35. The molecule has 34 heavy (non-hydrogen) atoms. The van der Waals surface area contributed by atoms with E-state index in [0.29, 0.717) is 0 Å². The lowest BCUT2D eigenvalue weighted by Crippen LogP contribution is -2.19. The summed E-state index contributed by atoms with van der Waals surface area (Å²) in [6.45, 7) is 0. The third-order valence-corrected chi connectivity index (χ3v) is 6.27. The van der Waals surface area contributed by atoms with Gasteiger partial charge in [-0.1, -0.05) is 127 Å². The van der Waals surface area contributed by atoms with Crippen LogP contribution in [0, 0.1) is 0 Å². The quantitative estimate of drug-likeness (QED) is 0.274. The molecule has 0 unspecified atom stereocenters. The average molecular weight is 441 g/mol. The molecule has 0 aliphatic rings. The highest BCUT2D eigenvalue weighted by molar-refractivity contribution is 5.83. The van der Waals surface area contributed by atoms with E-state index in [9.17, 15) is 0 Å². The standard InChI is InChI=1S/C32H28N2/c33-32(34)29-20-18-28(19-21-29)31-9-5-4-8-30(31)27-16-12-24(13-17-27)22-23-10-14-26(15-11-23)25-6-2-1-3-7-25/h1-21,32H,22,33-34H2. The van der Waals surface area contributed by atoms with Crippen LogP contribution in [-0.4, -0.2) is 0 Å². The van der Waals surface area contributed by atoms with Crippen molar-refractivity contribution in [3.63, 3.8) is 0 Å². The Morgan fingerprint density at radius 2 is 0.824 bits per heavy atom. The van der Waals surface area contributed by atoms with Crippen LogP contribution in [0.15, 0.2) is 127 Å². The van der Waals surface area contributed by atoms with Gasteiger partial charge in [0.05, 0.1) is 6.17 Å². The third kappa shape index (κ3) is 4.84. The van der Waals surface area contributed by atoms with Gasteiger partial charge in [0.1, 0.15) is 0 Å². The summed E-state index contributed by atoms with van der Waals surface area (Å²) in [6, 6.07) is 44.9. The molecule has 0 saturated carbocycles. The fraction of sp³-hybridized carbons (Fsp3) is 0.0625. The van der Waals surface area contributed by atoms with E-state index in [1.165, 1.54) is 38.9 Å². The zero-order valence-electron chi connectivity index (χ0n) is 19.1. The highest BCUT2D eigenvalue weighted by Gasteiger charge is 2.08. The fourth-order valence-electron chi connectivity index (χ4n) is 4.35. The molecule has 0 radical (unpaired) electrons. The molecule has 5 rings (SSSR count). The van der Waals surface area contributed by atoms with Crippen LogP contribution in [0.4, 0.5) is 0 Å². The minimum absolute atomic E-state index is 0.452. The smallest absolute Gasteiger partial charge is 0.0784 e. The second kappa shape index (κ2) is 9.88. The summed E-state index contributed by atoms with van der Waals surface area (Å²) in [5, 5.41) is 0. The van der Waals surface area contributed by atoms with Crippen molar-refractivity contribution in [1.82, 2.24) is 0 Å². The van der Waals surface area contributed by atoms with E-state index < -0.39 is 6.17 Å². The molecule has 0 spiro atoms. The van der Waals surface area contributed by atoms with Gasteiger partial charge in [-0.25, -0.2) is 0 Å². The summed E-state index contributed by atoms with van der Waals surface area (Å²) >= 11 is 0. The van der Waals surface area contributed by atoms with E-state index in [0.717, 1.165) is 17.5 Å². The molecule has 2 heteroatoms. The normalized spacial score (nSPS) is 11.0. The highest BCUT2D eigenvalue weighted by Crippen LogP contribution is 2.32. The Morgan fingerprint density at radius 3 is 1.32 bits per heavy atom. The lowest BCUT2D eigenvalue weighted by molar-refractivity contribution is 0.774. The van der Waals surface area contributed by atoms with E-state index in [4.69, 9.17) is 11.5 Å². The number of nitrogens with two attached hydrogens (primary N) is 2. The van der Waals surface area contributed by atoms with E-state index in [1.54, 1.807) is 0 Å². The van der Waals surface area contributed by atoms with Crippen molar-refractivity contribution in [2.45, 2.75) is 12.6 Å². The zero-order chi connectivity index (χ0) is 23.3. The number of hydrogen-bond donors (Lipinski definition) is 2. The van der Waals surface area contributed by atoms with Crippen LogP contribution in [-0.2, 0) is 6.42 Å². The minimum atomic E-state index is -0.452. The van der Waals surface area contributed by atoms with Crippen molar-refractivity contribution < 1.29 is 0 Å². The van der Waals surface area contributed by atoms with E-state index >= 15 is 0 Å². The molecule has 5 aromatic rings. The maximum Gasteiger partial charge on any atom is 0.0784 e. The van der Waals surface area contributed by atoms with Crippen molar-refractivity contribution in [2.24, 2.45) is 11.5 Å². The number of rotatable bonds is 6.